The first-order valence-corrected chi connectivity index (χ1v) is 9.29. The van der Waals surface area contributed by atoms with Crippen LogP contribution in [0.4, 0.5) is 0 Å². The molecule has 0 fully saturated rings. The van der Waals surface area contributed by atoms with E-state index in [9.17, 15) is 9.59 Å². The highest BCUT2D eigenvalue weighted by Crippen LogP contribution is 2.23. The third kappa shape index (κ3) is 8.47. The first-order chi connectivity index (χ1) is 11.0. The van der Waals surface area contributed by atoms with Gasteiger partial charge in [0, 0.05) is 18.2 Å². The van der Waals surface area contributed by atoms with Crippen LogP contribution in [0.25, 0.3) is 0 Å². The Hall–Kier alpha value is -1.38. The molecule has 1 aromatic rings. The lowest BCUT2D eigenvalue weighted by molar-refractivity contribution is 0.563. The quantitative estimate of drug-likeness (QED) is 0.707. The summed E-state index contributed by atoms with van der Waals surface area (Å²) in [5.74, 6) is 1.31. The van der Waals surface area contributed by atoms with Gasteiger partial charge in [0.2, 0.25) is 0 Å². The van der Waals surface area contributed by atoms with Crippen LogP contribution in [-0.2, 0) is 0 Å². The average Bonchev–Trinajstić information content (AvgIpc) is 2.56. The van der Waals surface area contributed by atoms with E-state index in [0.29, 0.717) is 0 Å². The highest BCUT2D eigenvalue weighted by atomic mass is 16.2. The van der Waals surface area contributed by atoms with Crippen LogP contribution in [-0.4, -0.2) is 4.57 Å². The lowest BCUT2D eigenvalue weighted by Crippen LogP contribution is -2.30. The Morgan fingerprint density at radius 1 is 0.667 bits per heavy atom. The molecule has 0 bridgehead atoms. The highest BCUT2D eigenvalue weighted by Gasteiger charge is 2.13. The predicted octanol–water partition coefficient (Wildman–Crippen LogP) is 5.72. The fraction of sp³-hybridized carbons (Fsp3) is 0.714. The molecule has 3 nitrogen and oxygen atoms in total. The second-order valence-corrected chi connectivity index (χ2v) is 7.38. The van der Waals surface area contributed by atoms with Crippen molar-refractivity contribution in [3.63, 3.8) is 0 Å². The van der Waals surface area contributed by atoms with Gasteiger partial charge in [-0.15, -0.1) is 0 Å². The molecular weight excluding hydrogens is 298 g/mol. The van der Waals surface area contributed by atoms with E-state index in [2.05, 4.69) is 20.8 Å². The van der Waals surface area contributed by atoms with E-state index in [1.165, 1.54) is 4.57 Å². The largest absolute Gasteiger partial charge is 0.273 e. The van der Waals surface area contributed by atoms with E-state index < -0.39 is 0 Å². The Bertz CT molecular complexity index is 534. The second-order valence-electron chi connectivity index (χ2n) is 7.38. The van der Waals surface area contributed by atoms with Crippen LogP contribution >= 0.6 is 0 Å². The van der Waals surface area contributed by atoms with Gasteiger partial charge >= 0.3 is 0 Å². The zero-order chi connectivity index (χ0) is 19.6. The minimum absolute atomic E-state index is 0.113. The van der Waals surface area contributed by atoms with E-state index >= 15 is 0 Å². The molecule has 1 heterocycles. The van der Waals surface area contributed by atoms with Crippen molar-refractivity contribution in [2.24, 2.45) is 5.92 Å². The smallest absolute Gasteiger partial charge is 0.253 e. The topological polar surface area (TPSA) is 39.1 Å². The molecule has 0 saturated carbocycles. The minimum Gasteiger partial charge on any atom is -0.273 e. The van der Waals surface area contributed by atoms with Gasteiger partial charge in [-0.1, -0.05) is 62.3 Å². The van der Waals surface area contributed by atoms with Crippen LogP contribution in [0.15, 0.2) is 21.7 Å². The second kappa shape index (κ2) is 12.0. The molecule has 0 spiro atoms. The molecule has 1 aromatic heterocycles. The number of aromatic nitrogens is 1. The third-order valence-corrected chi connectivity index (χ3v) is 3.13. The molecule has 0 aliphatic heterocycles. The Morgan fingerprint density at radius 2 is 0.917 bits per heavy atom. The maximum Gasteiger partial charge on any atom is 0.253 e. The van der Waals surface area contributed by atoms with Crippen LogP contribution in [0.1, 0.15) is 105 Å². The average molecular weight is 338 g/mol. The van der Waals surface area contributed by atoms with Crippen LogP contribution in [0.2, 0.25) is 0 Å². The summed E-state index contributed by atoms with van der Waals surface area (Å²) in [7, 11) is 0. The molecule has 24 heavy (non-hydrogen) atoms. The van der Waals surface area contributed by atoms with Gasteiger partial charge in [-0.25, -0.2) is 0 Å². The summed E-state index contributed by atoms with van der Waals surface area (Å²) in [6.07, 6.45) is 0. The van der Waals surface area contributed by atoms with Crippen molar-refractivity contribution < 1.29 is 0 Å². The molecule has 0 unspecified atom stereocenters. The summed E-state index contributed by atoms with van der Waals surface area (Å²) in [4.78, 5) is 24.3. The lowest BCUT2D eigenvalue weighted by Gasteiger charge is -2.11. The zero-order valence-corrected chi connectivity index (χ0v) is 17.7. The fourth-order valence-corrected chi connectivity index (χ4v) is 2.19. The van der Waals surface area contributed by atoms with Gasteiger partial charge in [0.15, 0.2) is 0 Å². The van der Waals surface area contributed by atoms with E-state index in [-0.39, 0.29) is 29.0 Å². The van der Waals surface area contributed by atoms with Gasteiger partial charge in [0.05, 0.1) is 0 Å². The van der Waals surface area contributed by atoms with E-state index in [1.54, 1.807) is 12.1 Å². The normalized spacial score (nSPS) is 10.5. The SMILES string of the molecule is CC.CC(C)C.CC(C)c1cc(=O)n(C(C)C)c(=O)cc1C(C)C. The Balaban J connectivity index is 0. The summed E-state index contributed by atoms with van der Waals surface area (Å²) >= 11 is 0. The van der Waals surface area contributed by atoms with Gasteiger partial charge in [-0.2, -0.15) is 0 Å². The van der Waals surface area contributed by atoms with Crippen molar-refractivity contribution >= 4 is 0 Å². The Kier molecular flexibility index (Phi) is 12.5. The minimum atomic E-state index is -0.203. The molecule has 0 aromatic carbocycles. The van der Waals surface area contributed by atoms with Crippen LogP contribution in [0.3, 0.4) is 0 Å². The van der Waals surface area contributed by atoms with E-state index in [0.717, 1.165) is 17.0 Å². The molecule has 0 N–H and O–H groups in total. The van der Waals surface area contributed by atoms with Crippen molar-refractivity contribution in [1.82, 2.24) is 4.57 Å². The summed E-state index contributed by atoms with van der Waals surface area (Å²) in [6.45, 7) is 22.4. The van der Waals surface area contributed by atoms with E-state index in [4.69, 9.17) is 0 Å². The van der Waals surface area contributed by atoms with Crippen LogP contribution in [0.5, 0.6) is 0 Å². The standard InChI is InChI=1S/C15H23NO2.C4H10.C2H6/c1-9(2)12-7-14(17)16(11(5)6)15(18)8-13(12)10(3)4;1-4(2)3;1-2/h7-11H,1-6H3;4H,1-3H3;1-2H3. The summed E-state index contributed by atoms with van der Waals surface area (Å²) < 4.78 is 1.32. The van der Waals surface area contributed by atoms with Crippen molar-refractivity contribution in [2.75, 3.05) is 0 Å². The Morgan fingerprint density at radius 3 is 1.08 bits per heavy atom. The molecule has 0 aliphatic carbocycles. The Labute approximate surface area is 149 Å². The highest BCUT2D eigenvalue weighted by molar-refractivity contribution is 5.29. The van der Waals surface area contributed by atoms with Gasteiger partial charge in [0.1, 0.15) is 0 Å². The van der Waals surface area contributed by atoms with Crippen LogP contribution < -0.4 is 11.1 Å². The number of hydrogen-bond acceptors (Lipinski definition) is 2. The third-order valence-electron chi connectivity index (χ3n) is 3.13. The molecule has 140 valence electrons. The number of nitrogens with zero attached hydrogens (tertiary/aromatic N) is 1. The number of rotatable bonds is 3. The lowest BCUT2D eigenvalue weighted by atomic mass is 9.93. The summed E-state index contributed by atoms with van der Waals surface area (Å²) in [6, 6.07) is 3.14. The first kappa shape index (κ1) is 24.9. The molecule has 0 saturated heterocycles. The zero-order valence-electron chi connectivity index (χ0n) is 17.7. The molecule has 0 amide bonds. The van der Waals surface area contributed by atoms with Gasteiger partial charge in [-0.05, 0) is 42.7 Å². The summed E-state index contributed by atoms with van der Waals surface area (Å²) in [5, 5.41) is 0. The molecule has 1 rings (SSSR count). The predicted molar refractivity (Wildman–Crippen MR) is 107 cm³/mol. The monoisotopic (exact) mass is 337 g/mol. The van der Waals surface area contributed by atoms with Crippen LogP contribution in [0, 0.1) is 5.92 Å². The summed E-state index contributed by atoms with van der Waals surface area (Å²) in [5.41, 5.74) is 1.55. The van der Waals surface area contributed by atoms with Gasteiger partial charge < -0.3 is 0 Å². The van der Waals surface area contributed by atoms with Crippen molar-refractivity contribution in [3.8, 4) is 0 Å². The number of hydrogen-bond donors (Lipinski definition) is 0. The fourth-order valence-electron chi connectivity index (χ4n) is 2.19. The molecule has 0 radical (unpaired) electrons. The van der Waals surface area contributed by atoms with Crippen molar-refractivity contribution in [2.45, 2.75) is 94.0 Å². The maximum atomic E-state index is 12.1. The first-order valence-electron chi connectivity index (χ1n) is 9.29. The van der Waals surface area contributed by atoms with Gasteiger partial charge in [0.25, 0.3) is 11.1 Å². The molecule has 0 atom stereocenters. The molecule has 3 heteroatoms. The van der Waals surface area contributed by atoms with Crippen molar-refractivity contribution in [3.05, 3.63) is 44.0 Å². The maximum absolute atomic E-state index is 12.1. The van der Waals surface area contributed by atoms with Gasteiger partial charge in [-0.3, -0.25) is 14.2 Å². The molecular formula is C21H39NO2. The molecule has 0 aliphatic rings. The van der Waals surface area contributed by atoms with Crippen molar-refractivity contribution in [1.29, 1.82) is 0 Å². The van der Waals surface area contributed by atoms with E-state index in [1.807, 2.05) is 55.4 Å².